The quantitative estimate of drug-likeness (QED) is 0.246. The van der Waals surface area contributed by atoms with Crippen molar-refractivity contribution in [2.45, 2.75) is 26.7 Å². The highest BCUT2D eigenvalue weighted by atomic mass is 127. The van der Waals surface area contributed by atoms with Gasteiger partial charge in [-0.1, -0.05) is 26.0 Å². The first kappa shape index (κ1) is 23.2. The van der Waals surface area contributed by atoms with Crippen molar-refractivity contribution in [1.82, 2.24) is 5.32 Å². The molecule has 1 fully saturated rings. The molecule has 31 heavy (non-hydrogen) atoms. The third kappa shape index (κ3) is 4.90. The molecule has 0 radical (unpaired) electrons. The predicted molar refractivity (Wildman–Crippen MR) is 134 cm³/mol. The lowest BCUT2D eigenvalue weighted by molar-refractivity contribution is -0.122. The van der Waals surface area contributed by atoms with E-state index in [-0.39, 0.29) is 10.7 Å². The molecule has 1 aliphatic rings. The number of hydrogen-bond donors (Lipinski definition) is 1. The molecule has 0 saturated carbocycles. The summed E-state index contributed by atoms with van der Waals surface area (Å²) in [7, 11) is 1.57. The van der Waals surface area contributed by atoms with Crippen LogP contribution >= 0.6 is 34.8 Å². The molecule has 1 N–H and O–H groups in total. The van der Waals surface area contributed by atoms with E-state index in [0.717, 1.165) is 9.13 Å². The molecule has 0 aliphatic carbocycles. The minimum absolute atomic E-state index is 0.00930. The van der Waals surface area contributed by atoms with E-state index in [2.05, 4.69) is 41.8 Å². The maximum absolute atomic E-state index is 13.2. The van der Waals surface area contributed by atoms with Crippen molar-refractivity contribution in [3.05, 3.63) is 56.7 Å². The van der Waals surface area contributed by atoms with Gasteiger partial charge in [0.1, 0.15) is 5.57 Å². The van der Waals surface area contributed by atoms with Gasteiger partial charge in [0.2, 0.25) is 0 Å². The third-order valence-electron chi connectivity index (χ3n) is 4.77. The normalized spacial score (nSPS) is 15.5. The molecule has 2 aromatic carbocycles. The minimum Gasteiger partial charge on any atom is -0.492 e. The molecule has 6 nitrogen and oxygen atoms in total. The van der Waals surface area contributed by atoms with E-state index >= 15 is 0 Å². The number of ether oxygens (including phenoxy) is 2. The molecule has 0 atom stereocenters. The Kier molecular flexibility index (Phi) is 7.32. The maximum Gasteiger partial charge on any atom is 0.270 e. The Morgan fingerprint density at radius 3 is 2.45 bits per heavy atom. The molecule has 0 unspecified atom stereocenters. The highest BCUT2D eigenvalue weighted by Crippen LogP contribution is 2.35. The summed E-state index contributed by atoms with van der Waals surface area (Å²) in [5.41, 5.74) is 2.39. The number of thiocarbonyl (C=S) groups is 1. The lowest BCUT2D eigenvalue weighted by atomic mass is 10.0. The Balaban J connectivity index is 2.01. The van der Waals surface area contributed by atoms with Gasteiger partial charge < -0.3 is 9.47 Å². The van der Waals surface area contributed by atoms with Gasteiger partial charge in [-0.2, -0.15) is 0 Å². The van der Waals surface area contributed by atoms with Crippen molar-refractivity contribution < 1.29 is 19.1 Å². The van der Waals surface area contributed by atoms with Gasteiger partial charge in [-0.15, -0.1) is 0 Å². The smallest absolute Gasteiger partial charge is 0.270 e. The lowest BCUT2D eigenvalue weighted by Crippen LogP contribution is -2.54. The molecule has 2 amide bonds. The summed E-state index contributed by atoms with van der Waals surface area (Å²) in [5.74, 6) is 0.509. The first-order valence-corrected chi connectivity index (χ1v) is 11.3. The van der Waals surface area contributed by atoms with Crippen molar-refractivity contribution in [2.75, 3.05) is 18.6 Å². The number of carbonyl (C=O) groups is 2. The molecule has 0 spiro atoms. The molecule has 3 rings (SSSR count). The zero-order chi connectivity index (χ0) is 22.7. The lowest BCUT2D eigenvalue weighted by Gasteiger charge is -2.29. The summed E-state index contributed by atoms with van der Waals surface area (Å²) in [6.45, 7) is 6.53. The van der Waals surface area contributed by atoms with Crippen molar-refractivity contribution in [3.8, 4) is 11.5 Å². The number of amides is 2. The second kappa shape index (κ2) is 9.78. The second-order valence-electron chi connectivity index (χ2n) is 7.17. The fourth-order valence-corrected chi connectivity index (χ4v) is 4.33. The van der Waals surface area contributed by atoms with Gasteiger partial charge in [-0.05, 0) is 89.1 Å². The SMILES string of the molecule is CCOc1cc(/C=C2\C(=O)NC(=S)N(c3ccc(C(C)C)cc3)C2=O)cc(I)c1OC. The topological polar surface area (TPSA) is 67.9 Å². The van der Waals surface area contributed by atoms with Gasteiger partial charge in [-0.25, -0.2) is 0 Å². The van der Waals surface area contributed by atoms with Gasteiger partial charge >= 0.3 is 0 Å². The Hall–Kier alpha value is -2.46. The van der Waals surface area contributed by atoms with Crippen LogP contribution in [0.25, 0.3) is 6.08 Å². The number of carbonyl (C=O) groups excluding carboxylic acids is 2. The average Bonchev–Trinajstić information content (AvgIpc) is 2.71. The number of rotatable bonds is 6. The van der Waals surface area contributed by atoms with Gasteiger partial charge in [-0.3, -0.25) is 19.8 Å². The number of nitrogens with zero attached hydrogens (tertiary/aromatic N) is 1. The summed E-state index contributed by atoms with van der Waals surface area (Å²) in [5, 5.41) is 2.67. The van der Waals surface area contributed by atoms with E-state index < -0.39 is 11.8 Å². The van der Waals surface area contributed by atoms with Crippen LogP contribution in [-0.4, -0.2) is 30.6 Å². The fourth-order valence-electron chi connectivity index (χ4n) is 3.20. The van der Waals surface area contributed by atoms with E-state index in [1.165, 1.54) is 4.90 Å². The molecule has 2 aromatic rings. The van der Waals surface area contributed by atoms with E-state index in [0.29, 0.717) is 35.3 Å². The Bertz CT molecular complexity index is 1060. The van der Waals surface area contributed by atoms with Crippen LogP contribution in [0.4, 0.5) is 5.69 Å². The standard InChI is InChI=1S/C23H23IN2O4S/c1-5-30-19-12-14(11-18(24)20(19)29-4)10-17-21(27)25-23(31)26(22(17)28)16-8-6-15(7-9-16)13(2)3/h6-13H,5H2,1-4H3,(H,25,27,31)/b17-10+. The summed E-state index contributed by atoms with van der Waals surface area (Å²) < 4.78 is 11.9. The molecule has 1 saturated heterocycles. The van der Waals surface area contributed by atoms with E-state index in [1.807, 2.05) is 37.3 Å². The van der Waals surface area contributed by atoms with Gasteiger partial charge in [0.05, 0.1) is 23.0 Å². The largest absolute Gasteiger partial charge is 0.492 e. The highest BCUT2D eigenvalue weighted by molar-refractivity contribution is 14.1. The van der Waals surface area contributed by atoms with Crippen molar-refractivity contribution >= 4 is 63.5 Å². The molecular weight excluding hydrogens is 527 g/mol. The summed E-state index contributed by atoms with van der Waals surface area (Å²) in [4.78, 5) is 27.2. The van der Waals surface area contributed by atoms with Crippen LogP contribution in [0.3, 0.4) is 0 Å². The number of nitrogens with one attached hydrogen (secondary N) is 1. The van der Waals surface area contributed by atoms with Crippen LogP contribution in [0.5, 0.6) is 11.5 Å². The Morgan fingerprint density at radius 2 is 1.87 bits per heavy atom. The molecule has 1 aliphatic heterocycles. The zero-order valence-electron chi connectivity index (χ0n) is 17.7. The number of methoxy groups -OCH3 is 1. The van der Waals surface area contributed by atoms with Crippen LogP contribution in [0.15, 0.2) is 42.0 Å². The summed E-state index contributed by atoms with van der Waals surface area (Å²) in [6.07, 6.45) is 1.54. The van der Waals surface area contributed by atoms with E-state index in [9.17, 15) is 9.59 Å². The zero-order valence-corrected chi connectivity index (χ0v) is 20.7. The number of benzene rings is 2. The molecular formula is C23H23IN2O4S. The first-order valence-electron chi connectivity index (χ1n) is 9.78. The van der Waals surface area contributed by atoms with Crippen molar-refractivity contribution in [1.29, 1.82) is 0 Å². The Morgan fingerprint density at radius 1 is 1.19 bits per heavy atom. The van der Waals surface area contributed by atoms with E-state index in [1.54, 1.807) is 19.3 Å². The first-order chi connectivity index (χ1) is 14.8. The number of hydrogen-bond acceptors (Lipinski definition) is 5. The maximum atomic E-state index is 13.2. The molecule has 0 aromatic heterocycles. The van der Waals surface area contributed by atoms with Crippen molar-refractivity contribution in [3.63, 3.8) is 0 Å². The summed E-state index contributed by atoms with van der Waals surface area (Å²) in [6, 6.07) is 11.1. The average molecular weight is 550 g/mol. The monoisotopic (exact) mass is 550 g/mol. The van der Waals surface area contributed by atoms with Crippen molar-refractivity contribution in [2.24, 2.45) is 0 Å². The van der Waals surface area contributed by atoms with Crippen LogP contribution < -0.4 is 19.7 Å². The van der Waals surface area contributed by atoms with Crippen LogP contribution in [0, 0.1) is 3.57 Å². The third-order valence-corrected chi connectivity index (χ3v) is 5.85. The van der Waals surface area contributed by atoms with Crippen LogP contribution in [0.1, 0.15) is 37.8 Å². The predicted octanol–water partition coefficient (Wildman–Crippen LogP) is 4.65. The Labute approximate surface area is 200 Å². The van der Waals surface area contributed by atoms with Gasteiger partial charge in [0.15, 0.2) is 16.6 Å². The van der Waals surface area contributed by atoms with E-state index in [4.69, 9.17) is 21.7 Å². The summed E-state index contributed by atoms with van der Waals surface area (Å²) >= 11 is 7.41. The van der Waals surface area contributed by atoms with Crippen LogP contribution in [-0.2, 0) is 9.59 Å². The fraction of sp³-hybridized carbons (Fsp3) is 0.261. The van der Waals surface area contributed by atoms with Crippen LogP contribution in [0.2, 0.25) is 0 Å². The van der Waals surface area contributed by atoms with Gasteiger partial charge in [0.25, 0.3) is 11.8 Å². The second-order valence-corrected chi connectivity index (χ2v) is 8.72. The number of halogens is 1. The molecule has 8 heteroatoms. The highest BCUT2D eigenvalue weighted by Gasteiger charge is 2.34. The minimum atomic E-state index is -0.533. The molecule has 1 heterocycles. The number of anilines is 1. The molecule has 0 bridgehead atoms. The van der Waals surface area contributed by atoms with Gasteiger partial charge in [0, 0.05) is 0 Å². The molecule has 162 valence electrons.